The van der Waals surface area contributed by atoms with Crippen LogP contribution in [0.5, 0.6) is 5.75 Å². The number of hydrogen-bond acceptors (Lipinski definition) is 4. The van der Waals surface area contributed by atoms with Gasteiger partial charge in [0.1, 0.15) is 17.1 Å². The molecule has 0 spiro atoms. The molecule has 5 heteroatoms. The number of amides is 1. The zero-order valence-corrected chi connectivity index (χ0v) is 13.8. The number of hydrogen-bond donors (Lipinski definition) is 1. The number of carbonyl (C=O) groups is 1. The first-order chi connectivity index (χ1) is 11.1. The summed E-state index contributed by atoms with van der Waals surface area (Å²) >= 11 is 0. The number of ether oxygens (including phenoxy) is 1. The lowest BCUT2D eigenvalue weighted by Crippen LogP contribution is -2.30. The highest BCUT2D eigenvalue weighted by molar-refractivity contribution is 5.96. The maximum Gasteiger partial charge on any atom is 0.256 e. The van der Waals surface area contributed by atoms with Gasteiger partial charge in [-0.3, -0.25) is 4.79 Å². The minimum Gasteiger partial charge on any atom is -0.497 e. The molecule has 1 atom stereocenters. The average molecular weight is 314 g/mol. The number of benzene rings is 1. The van der Waals surface area contributed by atoms with Gasteiger partial charge in [-0.15, -0.1) is 0 Å². The number of nitrogens with zero attached hydrogens (tertiary/aromatic N) is 1. The summed E-state index contributed by atoms with van der Waals surface area (Å²) in [5.41, 5.74) is 3.83. The van der Waals surface area contributed by atoms with Gasteiger partial charge >= 0.3 is 0 Å². The molecule has 1 aromatic heterocycles. The molecule has 5 nitrogen and oxygen atoms in total. The third-order valence-corrected chi connectivity index (χ3v) is 4.56. The van der Waals surface area contributed by atoms with Gasteiger partial charge in [0.05, 0.1) is 12.8 Å². The highest BCUT2D eigenvalue weighted by Gasteiger charge is 2.23. The molecular weight excluding hydrogens is 292 g/mol. The first-order valence-electron chi connectivity index (χ1n) is 7.98. The van der Waals surface area contributed by atoms with Crippen molar-refractivity contribution in [3.8, 4) is 5.75 Å². The molecule has 1 amide bonds. The maximum absolute atomic E-state index is 12.4. The van der Waals surface area contributed by atoms with Gasteiger partial charge in [0.15, 0.2) is 0 Å². The molecule has 3 rings (SSSR count). The summed E-state index contributed by atoms with van der Waals surface area (Å²) in [7, 11) is 1.69. The van der Waals surface area contributed by atoms with Gasteiger partial charge in [0.25, 0.3) is 5.91 Å². The normalized spacial score (nSPS) is 16.7. The van der Waals surface area contributed by atoms with E-state index in [-0.39, 0.29) is 5.91 Å². The number of methoxy groups -OCH3 is 1. The van der Waals surface area contributed by atoms with E-state index in [2.05, 4.69) is 22.6 Å². The van der Waals surface area contributed by atoms with Crippen molar-refractivity contribution < 1.29 is 14.1 Å². The topological polar surface area (TPSA) is 64.4 Å². The summed E-state index contributed by atoms with van der Waals surface area (Å²) in [6.45, 7) is 4.17. The molecule has 0 unspecified atom stereocenters. The first-order valence-corrected chi connectivity index (χ1v) is 7.98. The molecule has 1 aliphatic carbocycles. The van der Waals surface area contributed by atoms with Crippen LogP contribution in [0.25, 0.3) is 0 Å². The number of carbonyl (C=O) groups excluding carboxylic acids is 1. The van der Waals surface area contributed by atoms with Crippen molar-refractivity contribution in [2.45, 2.75) is 39.0 Å². The molecule has 1 aliphatic rings. The van der Waals surface area contributed by atoms with Crippen LogP contribution in [0.3, 0.4) is 0 Å². The van der Waals surface area contributed by atoms with Crippen LogP contribution in [0.15, 0.2) is 22.7 Å². The van der Waals surface area contributed by atoms with Gasteiger partial charge in [0.2, 0.25) is 0 Å². The molecule has 1 N–H and O–H groups in total. The summed E-state index contributed by atoms with van der Waals surface area (Å²) in [6.07, 6.45) is 3.29. The van der Waals surface area contributed by atoms with E-state index < -0.39 is 0 Å². The Hall–Kier alpha value is -2.30. The summed E-state index contributed by atoms with van der Waals surface area (Å²) in [4.78, 5) is 12.4. The Morgan fingerprint density at radius 3 is 2.96 bits per heavy atom. The highest BCUT2D eigenvalue weighted by Crippen LogP contribution is 2.33. The zero-order valence-electron chi connectivity index (χ0n) is 13.8. The molecule has 122 valence electrons. The quantitative estimate of drug-likeness (QED) is 0.941. The van der Waals surface area contributed by atoms with E-state index in [1.807, 2.05) is 6.07 Å². The van der Waals surface area contributed by atoms with Crippen LogP contribution in [0.4, 0.5) is 0 Å². The fourth-order valence-corrected chi connectivity index (χ4v) is 3.34. The van der Waals surface area contributed by atoms with Crippen molar-refractivity contribution in [1.29, 1.82) is 0 Å². The molecule has 2 aromatic rings. The molecule has 0 saturated carbocycles. The Bertz CT molecular complexity index is 702. The summed E-state index contributed by atoms with van der Waals surface area (Å²) < 4.78 is 10.4. The minimum atomic E-state index is -0.109. The predicted octanol–water partition coefficient (Wildman–Crippen LogP) is 3.15. The van der Waals surface area contributed by atoms with E-state index >= 15 is 0 Å². The largest absolute Gasteiger partial charge is 0.497 e. The Labute approximate surface area is 136 Å². The van der Waals surface area contributed by atoms with Crippen molar-refractivity contribution in [3.05, 3.63) is 46.3 Å². The van der Waals surface area contributed by atoms with E-state index in [1.54, 1.807) is 21.0 Å². The molecule has 1 aromatic carbocycles. The van der Waals surface area contributed by atoms with Crippen LogP contribution < -0.4 is 10.1 Å². The van der Waals surface area contributed by atoms with Gasteiger partial charge in [-0.2, -0.15) is 0 Å². The van der Waals surface area contributed by atoms with Gasteiger partial charge in [-0.25, -0.2) is 0 Å². The minimum absolute atomic E-state index is 0.109. The number of fused-ring (bicyclic) bond motifs is 1. The van der Waals surface area contributed by atoms with Crippen molar-refractivity contribution in [1.82, 2.24) is 10.5 Å². The fourth-order valence-electron chi connectivity index (χ4n) is 3.34. The molecular formula is C18H22N2O3. The second-order valence-corrected chi connectivity index (χ2v) is 6.06. The third-order valence-electron chi connectivity index (χ3n) is 4.56. The molecule has 0 bridgehead atoms. The second kappa shape index (κ2) is 6.44. The van der Waals surface area contributed by atoms with Crippen molar-refractivity contribution in [2.24, 2.45) is 0 Å². The van der Waals surface area contributed by atoms with Crippen LogP contribution in [0, 0.1) is 13.8 Å². The molecule has 0 radical (unpaired) electrons. The third kappa shape index (κ3) is 3.09. The van der Waals surface area contributed by atoms with E-state index in [0.717, 1.165) is 25.0 Å². The summed E-state index contributed by atoms with van der Waals surface area (Å²) in [5.74, 6) is 1.69. The number of aromatic nitrogens is 1. The number of nitrogens with one attached hydrogen (secondary N) is 1. The lowest BCUT2D eigenvalue weighted by Gasteiger charge is -2.26. The van der Waals surface area contributed by atoms with Gasteiger partial charge in [-0.05, 0) is 56.4 Å². The molecule has 1 heterocycles. The predicted molar refractivity (Wildman–Crippen MR) is 87.0 cm³/mol. The Morgan fingerprint density at radius 2 is 2.26 bits per heavy atom. The van der Waals surface area contributed by atoms with Crippen LogP contribution in [0.2, 0.25) is 0 Å². The van der Waals surface area contributed by atoms with E-state index in [1.165, 1.54) is 11.1 Å². The SMILES string of the molecule is COc1ccc2c(c1)CCC[C@@H]2CNC(=O)c1c(C)noc1C. The number of aryl methyl sites for hydroxylation is 3. The van der Waals surface area contributed by atoms with Gasteiger partial charge in [-0.1, -0.05) is 11.2 Å². The first kappa shape index (κ1) is 15.6. The van der Waals surface area contributed by atoms with Crippen LogP contribution in [-0.2, 0) is 6.42 Å². The van der Waals surface area contributed by atoms with E-state index in [9.17, 15) is 4.79 Å². The molecule has 23 heavy (non-hydrogen) atoms. The van der Waals surface area contributed by atoms with Crippen molar-refractivity contribution >= 4 is 5.91 Å². The Balaban J connectivity index is 1.72. The summed E-state index contributed by atoms with van der Waals surface area (Å²) in [6, 6.07) is 6.23. The smallest absolute Gasteiger partial charge is 0.256 e. The number of rotatable bonds is 4. The summed E-state index contributed by atoms with van der Waals surface area (Å²) in [5, 5.41) is 6.87. The van der Waals surface area contributed by atoms with Gasteiger partial charge < -0.3 is 14.6 Å². The van der Waals surface area contributed by atoms with E-state index in [4.69, 9.17) is 9.26 Å². The molecule has 0 aliphatic heterocycles. The van der Waals surface area contributed by atoms with E-state index in [0.29, 0.717) is 29.5 Å². The van der Waals surface area contributed by atoms with Crippen molar-refractivity contribution in [3.63, 3.8) is 0 Å². The highest BCUT2D eigenvalue weighted by atomic mass is 16.5. The van der Waals surface area contributed by atoms with Crippen LogP contribution >= 0.6 is 0 Å². The standard InChI is InChI=1S/C18H22N2O3/c1-11-17(12(2)23-20-11)18(21)19-10-14-6-4-5-13-9-15(22-3)7-8-16(13)14/h7-9,14H,4-6,10H2,1-3H3,(H,19,21)/t14-/m1/s1. The Morgan fingerprint density at radius 1 is 1.43 bits per heavy atom. The molecule has 0 saturated heterocycles. The zero-order chi connectivity index (χ0) is 16.4. The van der Waals surface area contributed by atoms with Crippen LogP contribution in [0.1, 0.15) is 51.7 Å². The lowest BCUT2D eigenvalue weighted by molar-refractivity contribution is 0.0948. The fraction of sp³-hybridized carbons (Fsp3) is 0.444. The molecule has 0 fully saturated rings. The van der Waals surface area contributed by atoms with Crippen LogP contribution in [-0.4, -0.2) is 24.7 Å². The lowest BCUT2D eigenvalue weighted by atomic mass is 9.82. The average Bonchev–Trinajstić information content (AvgIpc) is 2.90. The second-order valence-electron chi connectivity index (χ2n) is 6.06. The van der Waals surface area contributed by atoms with Gasteiger partial charge in [0, 0.05) is 12.5 Å². The van der Waals surface area contributed by atoms with Crippen molar-refractivity contribution in [2.75, 3.05) is 13.7 Å². The maximum atomic E-state index is 12.4. The Kier molecular flexibility index (Phi) is 4.37. The monoisotopic (exact) mass is 314 g/mol.